The van der Waals surface area contributed by atoms with Crippen molar-refractivity contribution in [2.75, 3.05) is 0 Å². The highest BCUT2D eigenvalue weighted by atomic mass is 35.5. The summed E-state index contributed by atoms with van der Waals surface area (Å²) in [5, 5.41) is 16.1. The summed E-state index contributed by atoms with van der Waals surface area (Å²) in [5.41, 5.74) is 3.47. The van der Waals surface area contributed by atoms with Crippen LogP contribution in [0.3, 0.4) is 0 Å². The van der Waals surface area contributed by atoms with Crippen molar-refractivity contribution in [3.05, 3.63) is 79.1 Å². The van der Waals surface area contributed by atoms with Crippen LogP contribution in [0.4, 0.5) is 0 Å². The Morgan fingerprint density at radius 3 is 2.61 bits per heavy atom. The Labute approximate surface area is 201 Å². The van der Waals surface area contributed by atoms with E-state index in [1.165, 1.54) is 30.2 Å². The predicted octanol–water partition coefficient (Wildman–Crippen LogP) is 4.04. The number of aliphatic hydroxyl groups excluding tert-OH is 1. The van der Waals surface area contributed by atoms with Gasteiger partial charge in [0.05, 0.1) is 11.1 Å². The zero-order valence-corrected chi connectivity index (χ0v) is 20.3. The third-order valence-electron chi connectivity index (χ3n) is 5.97. The standard InChI is InChI=1S/C22H23Cl2N3O5S/c1-11(14-7-3-5-13-6-4-8-15(13)14)20(21-25-26-22(29)32-21)27-33(30,31)17-10-9-16(23)18(12(2)28)19(17)24/h3,5,7,9-12,20,27-28H,4,6,8H2,1-2H3,(H,26,29)/t11-,12?,20+/m1/s1. The van der Waals surface area contributed by atoms with Crippen LogP contribution in [0.1, 0.15) is 66.5 Å². The maximum atomic E-state index is 13.4. The zero-order valence-electron chi connectivity index (χ0n) is 17.9. The highest BCUT2D eigenvalue weighted by Gasteiger charge is 2.34. The van der Waals surface area contributed by atoms with E-state index < -0.39 is 33.8 Å². The molecular weight excluding hydrogens is 489 g/mol. The summed E-state index contributed by atoms with van der Waals surface area (Å²) >= 11 is 12.5. The van der Waals surface area contributed by atoms with Crippen molar-refractivity contribution in [3.8, 4) is 0 Å². The van der Waals surface area contributed by atoms with Gasteiger partial charge in [-0.2, -0.15) is 4.72 Å². The van der Waals surface area contributed by atoms with E-state index in [9.17, 15) is 18.3 Å². The summed E-state index contributed by atoms with van der Waals surface area (Å²) in [5.74, 6) is -1.30. The highest BCUT2D eigenvalue weighted by Crippen LogP contribution is 2.39. The van der Waals surface area contributed by atoms with Crippen molar-refractivity contribution in [1.82, 2.24) is 14.9 Å². The molecule has 2 aromatic carbocycles. The molecule has 3 atom stereocenters. The fourth-order valence-corrected chi connectivity index (χ4v) is 6.72. The van der Waals surface area contributed by atoms with Gasteiger partial charge in [-0.25, -0.2) is 18.3 Å². The molecule has 0 amide bonds. The molecule has 0 radical (unpaired) electrons. The molecule has 3 aromatic rings. The van der Waals surface area contributed by atoms with Crippen LogP contribution in [-0.4, -0.2) is 23.7 Å². The van der Waals surface area contributed by atoms with Crippen LogP contribution in [0, 0.1) is 0 Å². The number of H-pyrrole nitrogens is 1. The van der Waals surface area contributed by atoms with Gasteiger partial charge in [-0.3, -0.25) is 0 Å². The Hall–Kier alpha value is -2.17. The fourth-order valence-electron chi connectivity index (χ4n) is 4.37. The first-order chi connectivity index (χ1) is 15.6. The molecule has 11 heteroatoms. The fraction of sp³-hybridized carbons (Fsp3) is 0.364. The molecule has 4 rings (SSSR count). The molecule has 1 heterocycles. The van der Waals surface area contributed by atoms with E-state index >= 15 is 0 Å². The molecule has 176 valence electrons. The van der Waals surface area contributed by atoms with Gasteiger partial charge >= 0.3 is 5.76 Å². The summed E-state index contributed by atoms with van der Waals surface area (Å²) in [6, 6.07) is 7.58. The van der Waals surface area contributed by atoms with Gasteiger partial charge in [0, 0.05) is 16.5 Å². The number of halogens is 2. The Kier molecular flexibility index (Phi) is 6.70. The van der Waals surface area contributed by atoms with Crippen molar-refractivity contribution in [2.24, 2.45) is 0 Å². The molecule has 0 saturated carbocycles. The van der Waals surface area contributed by atoms with Crippen molar-refractivity contribution >= 4 is 33.2 Å². The number of nitrogens with one attached hydrogen (secondary N) is 2. The lowest BCUT2D eigenvalue weighted by atomic mass is 9.88. The Bertz CT molecular complexity index is 1350. The molecule has 0 aliphatic heterocycles. The molecule has 8 nitrogen and oxygen atoms in total. The van der Waals surface area contributed by atoms with Gasteiger partial charge in [-0.1, -0.05) is 48.3 Å². The maximum absolute atomic E-state index is 13.4. The minimum absolute atomic E-state index is 0.0903. The molecule has 1 aromatic heterocycles. The Morgan fingerprint density at radius 1 is 1.18 bits per heavy atom. The van der Waals surface area contributed by atoms with E-state index in [1.807, 2.05) is 19.1 Å². The minimum Gasteiger partial charge on any atom is -0.391 e. The highest BCUT2D eigenvalue weighted by molar-refractivity contribution is 7.89. The minimum atomic E-state index is -4.24. The first kappa shape index (κ1) is 24.0. The van der Waals surface area contributed by atoms with Crippen molar-refractivity contribution in [1.29, 1.82) is 0 Å². The van der Waals surface area contributed by atoms with Crippen LogP contribution in [0.5, 0.6) is 0 Å². The summed E-state index contributed by atoms with van der Waals surface area (Å²) in [6.07, 6.45) is 1.80. The molecule has 0 fully saturated rings. The van der Waals surface area contributed by atoms with Gasteiger partial charge in [0.1, 0.15) is 10.9 Å². The van der Waals surface area contributed by atoms with Crippen molar-refractivity contribution in [3.63, 3.8) is 0 Å². The number of aromatic amines is 1. The number of aryl methyl sites for hydroxylation is 1. The van der Waals surface area contributed by atoms with Gasteiger partial charge in [-0.05, 0) is 55.0 Å². The number of hydrogen-bond donors (Lipinski definition) is 3. The van der Waals surface area contributed by atoms with E-state index in [-0.39, 0.29) is 26.4 Å². The molecule has 0 spiro atoms. The monoisotopic (exact) mass is 511 g/mol. The van der Waals surface area contributed by atoms with E-state index in [0.717, 1.165) is 24.8 Å². The number of hydrogen-bond acceptors (Lipinski definition) is 6. The Morgan fingerprint density at radius 2 is 1.94 bits per heavy atom. The number of sulfonamides is 1. The lowest BCUT2D eigenvalue weighted by molar-refractivity contribution is 0.199. The Balaban J connectivity index is 1.78. The van der Waals surface area contributed by atoms with Gasteiger partial charge in [-0.15, -0.1) is 5.10 Å². The molecule has 1 aliphatic carbocycles. The number of fused-ring (bicyclic) bond motifs is 1. The molecule has 0 bridgehead atoms. The van der Waals surface area contributed by atoms with Crippen LogP contribution in [0.25, 0.3) is 0 Å². The van der Waals surface area contributed by atoms with Crippen molar-refractivity contribution < 1.29 is 17.9 Å². The van der Waals surface area contributed by atoms with Crippen LogP contribution < -0.4 is 10.5 Å². The first-order valence-electron chi connectivity index (χ1n) is 10.4. The largest absolute Gasteiger partial charge is 0.434 e. The average molecular weight is 512 g/mol. The summed E-state index contributed by atoms with van der Waals surface area (Å²) < 4.78 is 34.6. The van der Waals surface area contributed by atoms with Gasteiger partial charge in [0.25, 0.3) is 0 Å². The molecular formula is C22H23Cl2N3O5S. The van der Waals surface area contributed by atoms with Crippen LogP contribution >= 0.6 is 23.2 Å². The van der Waals surface area contributed by atoms with Crippen molar-refractivity contribution in [2.45, 2.75) is 56.1 Å². The van der Waals surface area contributed by atoms with Crippen LogP contribution in [0.15, 0.2) is 44.4 Å². The molecule has 33 heavy (non-hydrogen) atoms. The lowest BCUT2D eigenvalue weighted by Crippen LogP contribution is -2.33. The predicted molar refractivity (Wildman–Crippen MR) is 124 cm³/mol. The number of aliphatic hydroxyl groups is 1. The van der Waals surface area contributed by atoms with E-state index in [0.29, 0.717) is 0 Å². The molecule has 1 aliphatic rings. The van der Waals surface area contributed by atoms with E-state index in [1.54, 1.807) is 0 Å². The van der Waals surface area contributed by atoms with Gasteiger partial charge in [0.2, 0.25) is 15.9 Å². The van der Waals surface area contributed by atoms with E-state index in [2.05, 4.69) is 21.0 Å². The first-order valence-corrected chi connectivity index (χ1v) is 12.7. The molecule has 3 N–H and O–H groups in total. The lowest BCUT2D eigenvalue weighted by Gasteiger charge is -2.25. The van der Waals surface area contributed by atoms with Gasteiger partial charge in [0.15, 0.2) is 0 Å². The van der Waals surface area contributed by atoms with E-state index in [4.69, 9.17) is 27.6 Å². The average Bonchev–Trinajstić information content (AvgIpc) is 3.39. The number of nitrogens with zero attached hydrogens (tertiary/aromatic N) is 1. The quantitative estimate of drug-likeness (QED) is 0.439. The molecule has 0 saturated heterocycles. The molecule has 1 unspecified atom stereocenters. The van der Waals surface area contributed by atoms with Crippen LogP contribution in [-0.2, 0) is 22.9 Å². The summed E-state index contributed by atoms with van der Waals surface area (Å²) in [6.45, 7) is 3.29. The second-order valence-corrected chi connectivity index (χ2v) is 10.6. The second kappa shape index (κ2) is 9.23. The normalized spacial score (nSPS) is 16.4. The summed E-state index contributed by atoms with van der Waals surface area (Å²) in [7, 11) is -4.24. The SMILES string of the molecule is CC(O)c1c(Cl)ccc(S(=O)(=O)N[C@H](c2n[nH]c(=O)o2)[C@H](C)c2cccc3c2CCC3)c1Cl. The maximum Gasteiger partial charge on any atom is 0.434 e. The zero-order chi connectivity index (χ0) is 23.9. The number of rotatable bonds is 7. The smallest absolute Gasteiger partial charge is 0.391 e. The van der Waals surface area contributed by atoms with Gasteiger partial charge < -0.3 is 9.52 Å². The topological polar surface area (TPSA) is 125 Å². The summed E-state index contributed by atoms with van der Waals surface area (Å²) in [4.78, 5) is 11.4. The third kappa shape index (κ3) is 4.61. The second-order valence-electron chi connectivity index (χ2n) is 8.13. The number of benzene rings is 2. The third-order valence-corrected chi connectivity index (χ3v) is 8.31. The van der Waals surface area contributed by atoms with Crippen LogP contribution in [0.2, 0.25) is 10.0 Å². The number of aromatic nitrogens is 2.